The number of amides is 4. The molecule has 1 fully saturated rings. The van der Waals surface area contributed by atoms with Gasteiger partial charge >= 0.3 is 0 Å². The van der Waals surface area contributed by atoms with E-state index in [2.05, 4.69) is 10.6 Å². The second kappa shape index (κ2) is 6.11. The van der Waals surface area contributed by atoms with Gasteiger partial charge in [0.15, 0.2) is 0 Å². The quantitative estimate of drug-likeness (QED) is 0.828. The molecule has 2 aliphatic rings. The Bertz CT molecular complexity index is 950. The molecule has 4 rings (SSSR count). The number of carbonyl (C=O) groups excluding carboxylic acids is 4. The van der Waals surface area contributed by atoms with Crippen LogP contribution in [-0.4, -0.2) is 30.2 Å². The number of nitrogens with zero attached hydrogens (tertiary/aromatic N) is 1. The van der Waals surface area contributed by atoms with Gasteiger partial charge in [0, 0.05) is 24.2 Å². The molecule has 0 saturated carbocycles. The SMILES string of the molecule is O=C(Nc1cccc2c1C(=O)NC2=O)c1ccc(N2CCCC2=O)cc1. The zero-order chi connectivity index (χ0) is 18.3. The zero-order valence-electron chi connectivity index (χ0n) is 13.7. The minimum Gasteiger partial charge on any atom is -0.321 e. The van der Waals surface area contributed by atoms with Gasteiger partial charge in [-0.1, -0.05) is 6.07 Å². The summed E-state index contributed by atoms with van der Waals surface area (Å²) < 4.78 is 0. The van der Waals surface area contributed by atoms with Crippen molar-refractivity contribution in [2.45, 2.75) is 12.8 Å². The first-order valence-corrected chi connectivity index (χ1v) is 8.25. The van der Waals surface area contributed by atoms with Gasteiger partial charge < -0.3 is 10.2 Å². The number of anilines is 2. The maximum atomic E-state index is 12.5. The highest BCUT2D eigenvalue weighted by Gasteiger charge is 2.30. The van der Waals surface area contributed by atoms with E-state index in [-0.39, 0.29) is 22.7 Å². The van der Waals surface area contributed by atoms with E-state index in [1.54, 1.807) is 41.3 Å². The summed E-state index contributed by atoms with van der Waals surface area (Å²) in [5, 5.41) is 4.89. The van der Waals surface area contributed by atoms with Crippen LogP contribution < -0.4 is 15.5 Å². The second-order valence-corrected chi connectivity index (χ2v) is 6.16. The van der Waals surface area contributed by atoms with E-state index in [1.807, 2.05) is 0 Å². The normalized spacial score (nSPS) is 15.8. The van der Waals surface area contributed by atoms with Gasteiger partial charge in [0.05, 0.1) is 16.8 Å². The van der Waals surface area contributed by atoms with Crippen molar-refractivity contribution in [1.29, 1.82) is 0 Å². The van der Waals surface area contributed by atoms with E-state index in [0.717, 1.165) is 12.1 Å². The molecule has 0 aliphatic carbocycles. The Hall–Kier alpha value is -3.48. The Morgan fingerprint density at radius 1 is 1.00 bits per heavy atom. The highest BCUT2D eigenvalue weighted by Crippen LogP contribution is 2.25. The minimum absolute atomic E-state index is 0.0812. The lowest BCUT2D eigenvalue weighted by Crippen LogP contribution is -2.23. The predicted octanol–water partition coefficient (Wildman–Crippen LogP) is 1.95. The molecule has 26 heavy (non-hydrogen) atoms. The van der Waals surface area contributed by atoms with E-state index in [9.17, 15) is 19.2 Å². The molecule has 130 valence electrons. The zero-order valence-corrected chi connectivity index (χ0v) is 13.7. The molecule has 0 unspecified atom stereocenters. The van der Waals surface area contributed by atoms with Crippen LogP contribution >= 0.6 is 0 Å². The van der Waals surface area contributed by atoms with E-state index in [0.29, 0.717) is 18.5 Å². The number of carbonyl (C=O) groups is 4. The molecule has 7 heteroatoms. The minimum atomic E-state index is -0.524. The largest absolute Gasteiger partial charge is 0.321 e. The Labute approximate surface area is 149 Å². The fourth-order valence-electron chi connectivity index (χ4n) is 3.23. The van der Waals surface area contributed by atoms with Crippen LogP contribution in [0.25, 0.3) is 0 Å². The second-order valence-electron chi connectivity index (χ2n) is 6.16. The molecule has 0 aromatic heterocycles. The van der Waals surface area contributed by atoms with Crippen molar-refractivity contribution in [2.24, 2.45) is 0 Å². The summed E-state index contributed by atoms with van der Waals surface area (Å²) in [5.41, 5.74) is 1.85. The Morgan fingerprint density at radius 2 is 1.77 bits per heavy atom. The van der Waals surface area contributed by atoms with Crippen LogP contribution in [0.4, 0.5) is 11.4 Å². The summed E-state index contributed by atoms with van der Waals surface area (Å²) in [6, 6.07) is 11.4. The molecule has 2 heterocycles. The monoisotopic (exact) mass is 349 g/mol. The number of hydrogen-bond acceptors (Lipinski definition) is 4. The van der Waals surface area contributed by atoms with Gasteiger partial charge in [-0.15, -0.1) is 0 Å². The predicted molar refractivity (Wildman–Crippen MR) is 94.2 cm³/mol. The fourth-order valence-corrected chi connectivity index (χ4v) is 3.23. The van der Waals surface area contributed by atoms with Gasteiger partial charge in [-0.2, -0.15) is 0 Å². The van der Waals surface area contributed by atoms with Gasteiger partial charge in [0.25, 0.3) is 17.7 Å². The highest BCUT2D eigenvalue weighted by atomic mass is 16.2. The number of imide groups is 1. The van der Waals surface area contributed by atoms with Crippen molar-refractivity contribution < 1.29 is 19.2 Å². The third-order valence-corrected chi connectivity index (χ3v) is 4.53. The third kappa shape index (κ3) is 2.63. The molecule has 4 amide bonds. The Balaban J connectivity index is 1.55. The van der Waals surface area contributed by atoms with Crippen LogP contribution in [0.2, 0.25) is 0 Å². The molecule has 2 aliphatic heterocycles. The summed E-state index contributed by atoms with van der Waals surface area (Å²) >= 11 is 0. The molecule has 0 spiro atoms. The van der Waals surface area contributed by atoms with Gasteiger partial charge in [-0.25, -0.2) is 0 Å². The van der Waals surface area contributed by atoms with E-state index < -0.39 is 17.7 Å². The molecular weight excluding hydrogens is 334 g/mol. The number of fused-ring (bicyclic) bond motifs is 1. The van der Waals surface area contributed by atoms with Crippen molar-refractivity contribution >= 4 is 35.0 Å². The van der Waals surface area contributed by atoms with Crippen LogP contribution in [-0.2, 0) is 4.79 Å². The molecule has 0 radical (unpaired) electrons. The van der Waals surface area contributed by atoms with Crippen molar-refractivity contribution in [3.05, 3.63) is 59.2 Å². The van der Waals surface area contributed by atoms with Crippen molar-refractivity contribution in [2.75, 3.05) is 16.8 Å². The Morgan fingerprint density at radius 3 is 2.46 bits per heavy atom. The van der Waals surface area contributed by atoms with Gasteiger partial charge in [0.1, 0.15) is 0 Å². The number of nitrogens with one attached hydrogen (secondary N) is 2. The highest BCUT2D eigenvalue weighted by molar-refractivity contribution is 6.25. The van der Waals surface area contributed by atoms with Crippen LogP contribution in [0, 0.1) is 0 Å². The van der Waals surface area contributed by atoms with Crippen LogP contribution in [0.5, 0.6) is 0 Å². The van der Waals surface area contributed by atoms with Gasteiger partial charge in [-0.05, 0) is 42.8 Å². The average Bonchev–Trinajstić information content (AvgIpc) is 3.19. The standard InChI is InChI=1S/C19H15N3O4/c23-15-5-2-10-22(15)12-8-6-11(7-9-12)17(24)20-14-4-1-3-13-16(14)19(26)21-18(13)25/h1,3-4,6-9H,2,5,10H2,(H,20,24)(H,21,25,26). The first kappa shape index (κ1) is 16.0. The Kier molecular flexibility index (Phi) is 3.76. The summed E-state index contributed by atoms with van der Waals surface area (Å²) in [4.78, 5) is 49.6. The molecule has 2 aromatic rings. The maximum absolute atomic E-state index is 12.5. The molecule has 1 saturated heterocycles. The summed E-state index contributed by atoms with van der Waals surface area (Å²) in [6.07, 6.45) is 1.38. The number of hydrogen-bond donors (Lipinski definition) is 2. The first-order valence-electron chi connectivity index (χ1n) is 8.25. The van der Waals surface area contributed by atoms with E-state index in [1.165, 1.54) is 6.07 Å². The van der Waals surface area contributed by atoms with Crippen LogP contribution in [0.3, 0.4) is 0 Å². The van der Waals surface area contributed by atoms with Crippen molar-refractivity contribution in [3.8, 4) is 0 Å². The summed E-state index contributed by atoms with van der Waals surface area (Å²) in [5.74, 6) is -1.31. The first-order chi connectivity index (χ1) is 12.5. The number of rotatable bonds is 3. The molecule has 2 aromatic carbocycles. The van der Waals surface area contributed by atoms with Crippen molar-refractivity contribution in [3.63, 3.8) is 0 Å². The third-order valence-electron chi connectivity index (χ3n) is 4.53. The van der Waals surface area contributed by atoms with Crippen LogP contribution in [0.1, 0.15) is 43.9 Å². The summed E-state index contributed by atoms with van der Waals surface area (Å²) in [6.45, 7) is 0.684. The molecule has 0 bridgehead atoms. The van der Waals surface area contributed by atoms with Crippen molar-refractivity contribution in [1.82, 2.24) is 5.32 Å². The molecule has 7 nitrogen and oxygen atoms in total. The fraction of sp³-hybridized carbons (Fsp3) is 0.158. The van der Waals surface area contributed by atoms with Gasteiger partial charge in [0.2, 0.25) is 5.91 Å². The molecule has 0 atom stereocenters. The van der Waals surface area contributed by atoms with Gasteiger partial charge in [-0.3, -0.25) is 24.5 Å². The number of benzene rings is 2. The molecular formula is C19H15N3O4. The van der Waals surface area contributed by atoms with E-state index in [4.69, 9.17) is 0 Å². The smallest absolute Gasteiger partial charge is 0.261 e. The van der Waals surface area contributed by atoms with E-state index >= 15 is 0 Å². The lowest BCUT2D eigenvalue weighted by molar-refractivity contribution is -0.117. The summed E-state index contributed by atoms with van der Waals surface area (Å²) in [7, 11) is 0. The maximum Gasteiger partial charge on any atom is 0.261 e. The average molecular weight is 349 g/mol. The lowest BCUT2D eigenvalue weighted by atomic mass is 10.1. The topological polar surface area (TPSA) is 95.6 Å². The van der Waals surface area contributed by atoms with Crippen LogP contribution in [0.15, 0.2) is 42.5 Å². The lowest BCUT2D eigenvalue weighted by Gasteiger charge is -2.16. The molecule has 2 N–H and O–H groups in total.